The van der Waals surface area contributed by atoms with E-state index in [4.69, 9.17) is 28.1 Å². The Morgan fingerprint density at radius 3 is 1.74 bits per heavy atom. The summed E-state index contributed by atoms with van der Waals surface area (Å²) in [6, 6.07) is 4.08. The van der Waals surface area contributed by atoms with Gasteiger partial charge in [-0.1, -0.05) is 0 Å². The molecular weight excluding hydrogens is 624 g/mol. The van der Waals surface area contributed by atoms with Gasteiger partial charge in [0.1, 0.15) is 60.0 Å². The second-order valence-corrected chi connectivity index (χ2v) is 10.6. The second-order valence-electron chi connectivity index (χ2n) is 10.6. The molecule has 18 heteroatoms. The van der Waals surface area contributed by atoms with Gasteiger partial charge in [-0.15, -0.1) is 0 Å². The van der Waals surface area contributed by atoms with Crippen LogP contribution in [0.4, 0.5) is 0 Å². The van der Waals surface area contributed by atoms with Gasteiger partial charge in [-0.25, -0.2) is 0 Å². The molecule has 1 aromatic heterocycles. The number of hydrogen-bond donors (Lipinski definition) is 11. The van der Waals surface area contributed by atoms with Crippen molar-refractivity contribution in [1.29, 1.82) is 0 Å². The van der Waals surface area contributed by atoms with Gasteiger partial charge in [0, 0.05) is 11.6 Å². The molecule has 11 N–H and O–H groups in total. The van der Waals surface area contributed by atoms with Gasteiger partial charge >= 0.3 is 0 Å². The van der Waals surface area contributed by atoms with E-state index in [1.807, 2.05) is 0 Å². The lowest BCUT2D eigenvalue weighted by Gasteiger charge is -2.39. The first-order valence-electron chi connectivity index (χ1n) is 13.7. The number of phenols is 3. The topological polar surface area (TPSA) is 299 Å². The van der Waals surface area contributed by atoms with Gasteiger partial charge in [-0.05, 0) is 18.2 Å². The summed E-state index contributed by atoms with van der Waals surface area (Å²) in [5.41, 5.74) is -1.89. The Bertz CT molecular complexity index is 1620. The van der Waals surface area contributed by atoms with Gasteiger partial charge in [0.05, 0.1) is 20.3 Å². The zero-order valence-corrected chi connectivity index (χ0v) is 23.8. The van der Waals surface area contributed by atoms with Crippen molar-refractivity contribution in [2.24, 2.45) is 0 Å². The molecule has 2 aromatic carbocycles. The van der Waals surface area contributed by atoms with Crippen molar-refractivity contribution in [2.75, 3.05) is 20.3 Å². The van der Waals surface area contributed by atoms with E-state index in [9.17, 15) is 61.0 Å². The number of aliphatic hydroxyl groups is 8. The summed E-state index contributed by atoms with van der Waals surface area (Å²) in [4.78, 5) is 14.0. The van der Waals surface area contributed by atoms with Crippen LogP contribution in [0.1, 0.15) is 0 Å². The maximum absolute atomic E-state index is 14.0. The van der Waals surface area contributed by atoms with Crippen molar-refractivity contribution in [3.05, 3.63) is 34.5 Å². The highest BCUT2D eigenvalue weighted by atomic mass is 16.7. The summed E-state index contributed by atoms with van der Waals surface area (Å²) in [6.45, 7) is -1.62. The van der Waals surface area contributed by atoms with Gasteiger partial charge in [0.2, 0.25) is 29.5 Å². The SMILES string of the molecule is COc1cc(O)c2c(=O)c(OC3OC(CO)C(O)C(O)C3O)c(-c3ccc(O)c(O)c3)oc2c1OC1OC(CO)C(O)C(O)C1O. The Morgan fingerprint density at radius 2 is 1.24 bits per heavy atom. The van der Waals surface area contributed by atoms with E-state index >= 15 is 0 Å². The molecule has 3 aromatic rings. The molecule has 3 heterocycles. The molecular formula is C28H32O18. The fraction of sp³-hybridized carbons (Fsp3) is 0.464. The average molecular weight is 657 g/mol. The van der Waals surface area contributed by atoms with E-state index in [0.29, 0.717) is 0 Å². The lowest BCUT2D eigenvalue weighted by atomic mass is 9.99. The molecule has 18 nitrogen and oxygen atoms in total. The highest BCUT2D eigenvalue weighted by Crippen LogP contribution is 2.45. The van der Waals surface area contributed by atoms with Gasteiger partial charge in [0.15, 0.2) is 28.6 Å². The number of aromatic hydroxyl groups is 3. The molecule has 46 heavy (non-hydrogen) atoms. The zero-order valence-electron chi connectivity index (χ0n) is 23.8. The van der Waals surface area contributed by atoms with Crippen LogP contribution in [0, 0.1) is 0 Å². The van der Waals surface area contributed by atoms with Crippen molar-refractivity contribution < 1.29 is 84.3 Å². The van der Waals surface area contributed by atoms with Crippen molar-refractivity contribution >= 4 is 11.0 Å². The van der Waals surface area contributed by atoms with Crippen LogP contribution in [0.5, 0.6) is 34.5 Å². The molecule has 0 amide bonds. The molecule has 2 aliphatic heterocycles. The summed E-state index contributed by atoms with van der Waals surface area (Å²) in [6.07, 6.45) is -17.7. The molecule has 0 spiro atoms. The van der Waals surface area contributed by atoms with Crippen molar-refractivity contribution in [3.63, 3.8) is 0 Å². The predicted molar refractivity (Wildman–Crippen MR) is 148 cm³/mol. The van der Waals surface area contributed by atoms with Crippen LogP contribution in [0.2, 0.25) is 0 Å². The zero-order chi connectivity index (χ0) is 33.6. The molecule has 0 saturated carbocycles. The summed E-state index contributed by atoms with van der Waals surface area (Å²) in [7, 11) is 1.15. The minimum Gasteiger partial charge on any atom is -0.507 e. The molecule has 5 rings (SSSR count). The highest BCUT2D eigenvalue weighted by molar-refractivity contribution is 5.93. The van der Waals surface area contributed by atoms with Crippen LogP contribution in [0.15, 0.2) is 33.5 Å². The quantitative estimate of drug-likeness (QED) is 0.107. The Balaban J connectivity index is 1.72. The summed E-state index contributed by atoms with van der Waals surface area (Å²) >= 11 is 0. The average Bonchev–Trinajstić information content (AvgIpc) is 3.04. The number of rotatable bonds is 8. The molecule has 2 aliphatic rings. The van der Waals surface area contributed by atoms with Crippen LogP contribution in [-0.2, 0) is 9.47 Å². The number of benzene rings is 2. The minimum atomic E-state index is -1.98. The molecule has 0 aliphatic carbocycles. The first kappa shape index (κ1) is 33.4. The molecule has 0 bridgehead atoms. The van der Waals surface area contributed by atoms with Gasteiger partial charge < -0.3 is 84.3 Å². The van der Waals surface area contributed by atoms with Crippen LogP contribution in [0.3, 0.4) is 0 Å². The molecule has 2 saturated heterocycles. The fourth-order valence-corrected chi connectivity index (χ4v) is 5.07. The maximum atomic E-state index is 14.0. The van der Waals surface area contributed by atoms with Crippen molar-refractivity contribution in [3.8, 4) is 45.8 Å². The maximum Gasteiger partial charge on any atom is 0.239 e. The number of ether oxygens (including phenoxy) is 5. The second kappa shape index (κ2) is 13.0. The molecule has 2 fully saturated rings. The third-order valence-electron chi connectivity index (χ3n) is 7.65. The Labute approximate surface area is 257 Å². The lowest BCUT2D eigenvalue weighted by Crippen LogP contribution is -2.60. The molecule has 0 radical (unpaired) electrons. The number of hydrogen-bond acceptors (Lipinski definition) is 18. The van der Waals surface area contributed by atoms with E-state index in [1.54, 1.807) is 0 Å². The van der Waals surface area contributed by atoms with Crippen molar-refractivity contribution in [1.82, 2.24) is 0 Å². The first-order valence-corrected chi connectivity index (χ1v) is 13.7. The fourth-order valence-electron chi connectivity index (χ4n) is 5.07. The van der Waals surface area contributed by atoms with Crippen LogP contribution in [0.25, 0.3) is 22.3 Å². The predicted octanol–water partition coefficient (Wildman–Crippen LogP) is -3.06. The van der Waals surface area contributed by atoms with Crippen LogP contribution in [-0.4, -0.2) is 138 Å². The highest BCUT2D eigenvalue weighted by Gasteiger charge is 2.47. The van der Waals surface area contributed by atoms with E-state index in [1.165, 1.54) is 6.07 Å². The van der Waals surface area contributed by atoms with E-state index in [2.05, 4.69) is 0 Å². The number of fused-ring (bicyclic) bond motifs is 1. The standard InChI is InChI=1S/C28H32O18/c1-41-12-5-11(33)15-18(36)26(46-28-22(40)20(38)17(35)14(7-30)43-28)23(8-2-3-9(31)10(32)4-8)44-25(15)24(12)45-27-21(39)19(37)16(34)13(6-29)42-27/h2-5,13-14,16-17,19-22,27-35,37-40H,6-7H2,1H3. The van der Waals surface area contributed by atoms with Gasteiger partial charge in [-0.3, -0.25) is 4.79 Å². The number of methoxy groups -OCH3 is 1. The largest absolute Gasteiger partial charge is 0.507 e. The van der Waals surface area contributed by atoms with Crippen LogP contribution < -0.4 is 19.6 Å². The van der Waals surface area contributed by atoms with E-state index in [-0.39, 0.29) is 11.3 Å². The van der Waals surface area contributed by atoms with Gasteiger partial charge in [0.25, 0.3) is 0 Å². The monoisotopic (exact) mass is 656 g/mol. The lowest BCUT2D eigenvalue weighted by molar-refractivity contribution is -0.277. The smallest absolute Gasteiger partial charge is 0.239 e. The normalized spacial score (nSPS) is 31.5. The number of aliphatic hydroxyl groups excluding tert-OH is 8. The molecule has 252 valence electrons. The Hall–Kier alpha value is -3.95. The van der Waals surface area contributed by atoms with Crippen molar-refractivity contribution in [2.45, 2.75) is 61.4 Å². The Kier molecular flexibility index (Phi) is 9.47. The summed E-state index contributed by atoms with van der Waals surface area (Å²) in [5, 5.41) is 111. The van der Waals surface area contributed by atoms with E-state index in [0.717, 1.165) is 25.3 Å². The molecule has 10 atom stereocenters. The first-order chi connectivity index (χ1) is 21.8. The van der Waals surface area contributed by atoms with E-state index < -0.39 is 126 Å². The van der Waals surface area contributed by atoms with Crippen LogP contribution >= 0.6 is 0 Å². The van der Waals surface area contributed by atoms with Gasteiger partial charge in [-0.2, -0.15) is 0 Å². The summed E-state index contributed by atoms with van der Waals surface area (Å²) < 4.78 is 33.4. The third-order valence-corrected chi connectivity index (χ3v) is 7.65. The Morgan fingerprint density at radius 1 is 0.696 bits per heavy atom. The third kappa shape index (κ3) is 5.75. The molecule has 10 unspecified atom stereocenters. The minimum absolute atomic E-state index is 0.144. The number of phenolic OH excluding ortho intramolecular Hbond substituents is 3. The summed E-state index contributed by atoms with van der Waals surface area (Å²) in [5.74, 6) is -4.13.